The van der Waals surface area contributed by atoms with Crippen LogP contribution in [0.4, 0.5) is 10.5 Å². The van der Waals surface area contributed by atoms with Crippen molar-refractivity contribution < 1.29 is 4.79 Å². The second-order valence-electron chi connectivity index (χ2n) is 7.42. The van der Waals surface area contributed by atoms with Crippen LogP contribution in [-0.4, -0.2) is 27.3 Å². The van der Waals surface area contributed by atoms with Gasteiger partial charge in [0, 0.05) is 23.2 Å². The first-order chi connectivity index (χ1) is 13.7. The number of rotatable bonds is 7. The normalized spacial score (nSPS) is 14.5. The molecule has 0 radical (unpaired) electrons. The summed E-state index contributed by atoms with van der Waals surface area (Å²) in [5, 5.41) is 13.2. The number of carbonyl (C=O) groups is 1. The van der Waals surface area contributed by atoms with E-state index in [1.807, 2.05) is 49.4 Å². The number of nitrogens with zero attached hydrogens (tertiary/aromatic N) is 2. The predicted molar refractivity (Wildman–Crippen MR) is 110 cm³/mol. The standard InChI is InChI=1S/C22H25N5O/c1-15(7-8-16-5-3-2-4-6-16)23-22(28)24-19-13-11-18(12-14-19)21-25-20(26-27-21)17-9-10-17/h2-6,11-15,17H,7-10H2,1H3,(H2,23,24,28)(H,25,26,27). The molecule has 1 aromatic heterocycles. The topological polar surface area (TPSA) is 82.7 Å². The Morgan fingerprint density at radius 1 is 1.14 bits per heavy atom. The molecule has 1 aliphatic rings. The monoisotopic (exact) mass is 375 g/mol. The first kappa shape index (κ1) is 18.2. The Kier molecular flexibility index (Phi) is 5.37. The second kappa shape index (κ2) is 8.25. The quantitative estimate of drug-likeness (QED) is 0.569. The number of H-pyrrole nitrogens is 1. The smallest absolute Gasteiger partial charge is 0.319 e. The van der Waals surface area contributed by atoms with Gasteiger partial charge in [0.2, 0.25) is 0 Å². The van der Waals surface area contributed by atoms with Crippen LogP contribution in [0.25, 0.3) is 11.4 Å². The van der Waals surface area contributed by atoms with E-state index in [0.29, 0.717) is 11.7 Å². The van der Waals surface area contributed by atoms with Crippen LogP contribution in [0.2, 0.25) is 0 Å². The summed E-state index contributed by atoms with van der Waals surface area (Å²) in [6.07, 6.45) is 4.22. The number of amides is 2. The molecule has 0 saturated heterocycles. The molecule has 1 saturated carbocycles. The number of hydrogen-bond donors (Lipinski definition) is 3. The number of aromatic nitrogens is 3. The number of urea groups is 1. The van der Waals surface area contributed by atoms with Crippen molar-refractivity contribution in [1.82, 2.24) is 20.5 Å². The molecule has 6 heteroatoms. The fourth-order valence-corrected chi connectivity index (χ4v) is 3.14. The Morgan fingerprint density at radius 2 is 1.89 bits per heavy atom. The molecule has 3 N–H and O–H groups in total. The van der Waals surface area contributed by atoms with Crippen LogP contribution in [0.3, 0.4) is 0 Å². The SMILES string of the molecule is CC(CCc1ccccc1)NC(=O)Nc1ccc(-c2n[nH]c(C3CC3)n2)cc1. The van der Waals surface area contributed by atoms with Gasteiger partial charge in [0.15, 0.2) is 5.82 Å². The van der Waals surface area contributed by atoms with Crippen LogP contribution in [0, 0.1) is 0 Å². The summed E-state index contributed by atoms with van der Waals surface area (Å²) in [6, 6.07) is 17.8. The van der Waals surface area contributed by atoms with Crippen molar-refractivity contribution in [2.24, 2.45) is 0 Å². The molecule has 1 unspecified atom stereocenters. The molecule has 2 amide bonds. The molecule has 0 bridgehead atoms. The lowest BCUT2D eigenvalue weighted by molar-refractivity contribution is 0.248. The van der Waals surface area contributed by atoms with E-state index in [1.165, 1.54) is 18.4 Å². The van der Waals surface area contributed by atoms with Gasteiger partial charge >= 0.3 is 6.03 Å². The molecule has 4 rings (SSSR count). The van der Waals surface area contributed by atoms with Gasteiger partial charge in [-0.05, 0) is 62.4 Å². The molecule has 0 aliphatic heterocycles. The molecule has 1 atom stereocenters. The van der Waals surface area contributed by atoms with Crippen molar-refractivity contribution in [3.8, 4) is 11.4 Å². The van der Waals surface area contributed by atoms with Gasteiger partial charge in [0.1, 0.15) is 5.82 Å². The van der Waals surface area contributed by atoms with Gasteiger partial charge in [0.25, 0.3) is 0 Å². The van der Waals surface area contributed by atoms with Gasteiger partial charge in [-0.25, -0.2) is 9.78 Å². The zero-order valence-electron chi connectivity index (χ0n) is 16.0. The maximum atomic E-state index is 12.2. The minimum Gasteiger partial charge on any atom is -0.335 e. The van der Waals surface area contributed by atoms with Gasteiger partial charge in [-0.1, -0.05) is 30.3 Å². The fourth-order valence-electron chi connectivity index (χ4n) is 3.14. The van der Waals surface area contributed by atoms with E-state index in [9.17, 15) is 4.79 Å². The van der Waals surface area contributed by atoms with Crippen molar-refractivity contribution in [1.29, 1.82) is 0 Å². The minimum absolute atomic E-state index is 0.0913. The number of benzene rings is 2. The van der Waals surface area contributed by atoms with Gasteiger partial charge < -0.3 is 10.6 Å². The molecule has 28 heavy (non-hydrogen) atoms. The molecule has 2 aromatic carbocycles. The van der Waals surface area contributed by atoms with Gasteiger partial charge in [-0.2, -0.15) is 5.10 Å². The number of carbonyl (C=O) groups excluding carboxylic acids is 1. The predicted octanol–water partition coefficient (Wildman–Crippen LogP) is 4.49. The Labute approximate surface area is 164 Å². The van der Waals surface area contributed by atoms with Crippen molar-refractivity contribution in [3.05, 3.63) is 66.0 Å². The highest BCUT2D eigenvalue weighted by Crippen LogP contribution is 2.38. The van der Waals surface area contributed by atoms with E-state index in [-0.39, 0.29) is 12.1 Å². The minimum atomic E-state index is -0.192. The van der Waals surface area contributed by atoms with E-state index < -0.39 is 0 Å². The third kappa shape index (κ3) is 4.76. The highest BCUT2D eigenvalue weighted by molar-refractivity contribution is 5.89. The zero-order valence-corrected chi connectivity index (χ0v) is 16.0. The third-order valence-electron chi connectivity index (χ3n) is 4.95. The molecular formula is C22H25N5O. The largest absolute Gasteiger partial charge is 0.335 e. The first-order valence-corrected chi connectivity index (χ1v) is 9.81. The van der Waals surface area contributed by atoms with Crippen molar-refractivity contribution in [2.75, 3.05) is 5.32 Å². The molecule has 3 aromatic rings. The molecule has 1 heterocycles. The molecular weight excluding hydrogens is 350 g/mol. The van der Waals surface area contributed by atoms with Crippen LogP contribution in [0.1, 0.15) is 43.5 Å². The van der Waals surface area contributed by atoms with Crippen LogP contribution in [0.15, 0.2) is 54.6 Å². The lowest BCUT2D eigenvalue weighted by Gasteiger charge is -2.15. The fraction of sp³-hybridized carbons (Fsp3) is 0.318. The van der Waals surface area contributed by atoms with Gasteiger partial charge in [-0.3, -0.25) is 5.10 Å². The highest BCUT2D eigenvalue weighted by Gasteiger charge is 2.27. The maximum absolute atomic E-state index is 12.2. The van der Waals surface area contributed by atoms with Gasteiger partial charge in [0.05, 0.1) is 0 Å². The number of nitrogens with one attached hydrogen (secondary N) is 3. The first-order valence-electron chi connectivity index (χ1n) is 9.81. The van der Waals surface area contributed by atoms with E-state index in [0.717, 1.165) is 29.9 Å². The maximum Gasteiger partial charge on any atom is 0.319 e. The van der Waals surface area contributed by atoms with E-state index in [1.54, 1.807) is 0 Å². The molecule has 1 aliphatic carbocycles. The van der Waals surface area contributed by atoms with Crippen LogP contribution < -0.4 is 10.6 Å². The van der Waals surface area contributed by atoms with Crippen LogP contribution in [-0.2, 0) is 6.42 Å². The van der Waals surface area contributed by atoms with Crippen molar-refractivity contribution >= 4 is 11.7 Å². The highest BCUT2D eigenvalue weighted by atomic mass is 16.2. The summed E-state index contributed by atoms with van der Waals surface area (Å²) in [7, 11) is 0. The lowest BCUT2D eigenvalue weighted by atomic mass is 10.1. The molecule has 0 spiro atoms. The molecule has 6 nitrogen and oxygen atoms in total. The summed E-state index contributed by atoms with van der Waals surface area (Å²) < 4.78 is 0. The summed E-state index contributed by atoms with van der Waals surface area (Å²) in [5.41, 5.74) is 2.96. The Morgan fingerprint density at radius 3 is 2.61 bits per heavy atom. The Bertz CT molecular complexity index is 916. The average Bonchev–Trinajstić information content (AvgIpc) is 3.45. The number of anilines is 1. The van der Waals surface area contributed by atoms with Crippen LogP contribution >= 0.6 is 0 Å². The Hall–Kier alpha value is -3.15. The lowest BCUT2D eigenvalue weighted by Crippen LogP contribution is -2.36. The summed E-state index contributed by atoms with van der Waals surface area (Å²) >= 11 is 0. The summed E-state index contributed by atoms with van der Waals surface area (Å²) in [4.78, 5) is 16.8. The van der Waals surface area contributed by atoms with E-state index in [2.05, 4.69) is 37.9 Å². The number of aromatic amines is 1. The summed E-state index contributed by atoms with van der Waals surface area (Å²) in [6.45, 7) is 2.02. The van der Waals surface area contributed by atoms with Crippen LogP contribution in [0.5, 0.6) is 0 Å². The van der Waals surface area contributed by atoms with E-state index in [4.69, 9.17) is 0 Å². The second-order valence-corrected chi connectivity index (χ2v) is 7.42. The average molecular weight is 375 g/mol. The number of aryl methyl sites for hydroxylation is 1. The third-order valence-corrected chi connectivity index (χ3v) is 4.95. The zero-order chi connectivity index (χ0) is 19.3. The number of hydrogen-bond acceptors (Lipinski definition) is 3. The summed E-state index contributed by atoms with van der Waals surface area (Å²) in [5.74, 6) is 2.23. The van der Waals surface area contributed by atoms with E-state index >= 15 is 0 Å². The molecule has 1 fully saturated rings. The molecule has 144 valence electrons. The van der Waals surface area contributed by atoms with Gasteiger partial charge in [-0.15, -0.1) is 0 Å². The Balaban J connectivity index is 1.26. The van der Waals surface area contributed by atoms with Crippen molar-refractivity contribution in [3.63, 3.8) is 0 Å². The van der Waals surface area contributed by atoms with Crippen molar-refractivity contribution in [2.45, 2.75) is 44.6 Å².